The van der Waals surface area contributed by atoms with Gasteiger partial charge in [0.25, 0.3) is 15.6 Å². The van der Waals surface area contributed by atoms with Gasteiger partial charge in [0.1, 0.15) is 5.82 Å². The van der Waals surface area contributed by atoms with E-state index in [4.69, 9.17) is 11.6 Å². The van der Waals surface area contributed by atoms with Gasteiger partial charge in [-0.2, -0.15) is 0 Å². The lowest BCUT2D eigenvalue weighted by molar-refractivity contribution is 0.601. The number of hydrogen-bond acceptors (Lipinski definition) is 4. The molecule has 0 unspecified atom stereocenters. The lowest BCUT2D eigenvalue weighted by Crippen LogP contribution is -2.22. The Kier molecular flexibility index (Phi) is 5.09. The van der Waals surface area contributed by atoms with Crippen LogP contribution in [0.4, 0.5) is 5.69 Å². The van der Waals surface area contributed by atoms with Crippen molar-refractivity contribution in [1.82, 2.24) is 9.55 Å². The Morgan fingerprint density at radius 1 is 0.967 bits per heavy atom. The molecule has 30 heavy (non-hydrogen) atoms. The maximum absolute atomic E-state index is 13.0. The molecule has 4 rings (SSSR count). The van der Waals surface area contributed by atoms with E-state index < -0.39 is 10.0 Å². The van der Waals surface area contributed by atoms with E-state index in [-0.39, 0.29) is 10.5 Å². The lowest BCUT2D eigenvalue weighted by Gasteiger charge is -2.15. The third-order valence-electron chi connectivity index (χ3n) is 4.76. The molecule has 0 bridgehead atoms. The fraction of sp³-hybridized carbons (Fsp3) is 0.0909. The number of aromatic nitrogens is 2. The van der Waals surface area contributed by atoms with Gasteiger partial charge in [-0.1, -0.05) is 29.8 Å². The van der Waals surface area contributed by atoms with Crippen molar-refractivity contribution in [1.29, 1.82) is 0 Å². The molecule has 0 aliphatic heterocycles. The Balaban J connectivity index is 1.75. The van der Waals surface area contributed by atoms with Crippen LogP contribution in [0, 0.1) is 13.8 Å². The number of sulfonamides is 1. The fourth-order valence-corrected chi connectivity index (χ4v) is 4.72. The second-order valence-corrected chi connectivity index (χ2v) is 9.00. The minimum absolute atomic E-state index is 0.0734. The van der Waals surface area contributed by atoms with Gasteiger partial charge >= 0.3 is 0 Å². The lowest BCUT2D eigenvalue weighted by atomic mass is 10.1. The van der Waals surface area contributed by atoms with Crippen LogP contribution in [0.15, 0.2) is 76.4 Å². The topological polar surface area (TPSA) is 81.1 Å². The molecule has 3 aromatic carbocycles. The molecule has 152 valence electrons. The summed E-state index contributed by atoms with van der Waals surface area (Å²) < 4.78 is 29.5. The number of para-hydroxylation sites is 1. The molecule has 1 heterocycles. The maximum atomic E-state index is 13.0. The van der Waals surface area contributed by atoms with Gasteiger partial charge in [-0.15, -0.1) is 0 Å². The Morgan fingerprint density at radius 3 is 2.47 bits per heavy atom. The molecule has 0 amide bonds. The first-order valence-corrected chi connectivity index (χ1v) is 11.0. The molecule has 1 aromatic heterocycles. The number of fused-ring (bicyclic) bond motifs is 1. The molecular formula is C22H18ClN3O3S. The van der Waals surface area contributed by atoms with Crippen LogP contribution in [0.25, 0.3) is 16.6 Å². The molecule has 6 nitrogen and oxygen atoms in total. The maximum Gasteiger partial charge on any atom is 0.265 e. The van der Waals surface area contributed by atoms with Crippen LogP contribution in [-0.2, 0) is 10.0 Å². The normalized spacial score (nSPS) is 11.6. The average Bonchev–Trinajstić information content (AvgIpc) is 2.70. The summed E-state index contributed by atoms with van der Waals surface area (Å²) in [6, 6.07) is 18.3. The number of hydrogen-bond donors (Lipinski definition) is 1. The molecule has 0 atom stereocenters. The number of halogens is 1. The summed E-state index contributed by atoms with van der Waals surface area (Å²) in [6.07, 6.45) is 0. The molecule has 8 heteroatoms. The molecule has 0 aliphatic rings. The van der Waals surface area contributed by atoms with Gasteiger partial charge in [0.2, 0.25) is 0 Å². The molecule has 1 N–H and O–H groups in total. The average molecular weight is 440 g/mol. The molecule has 0 saturated carbocycles. The van der Waals surface area contributed by atoms with Crippen molar-refractivity contribution in [3.63, 3.8) is 0 Å². The summed E-state index contributed by atoms with van der Waals surface area (Å²) in [6.45, 7) is 3.53. The van der Waals surface area contributed by atoms with Crippen LogP contribution in [0.2, 0.25) is 5.02 Å². The summed E-state index contributed by atoms with van der Waals surface area (Å²) in [4.78, 5) is 17.6. The highest BCUT2D eigenvalue weighted by atomic mass is 35.5. The van der Waals surface area contributed by atoms with Gasteiger partial charge in [-0.3, -0.25) is 14.1 Å². The van der Waals surface area contributed by atoms with Crippen LogP contribution in [-0.4, -0.2) is 18.0 Å². The van der Waals surface area contributed by atoms with Crippen molar-refractivity contribution in [3.8, 4) is 5.69 Å². The number of nitrogens with zero attached hydrogens (tertiary/aromatic N) is 2. The Labute approximate surface area is 178 Å². The van der Waals surface area contributed by atoms with Crippen molar-refractivity contribution in [2.45, 2.75) is 18.7 Å². The number of aryl methyl sites for hydroxylation is 2. The second-order valence-electron chi connectivity index (χ2n) is 6.88. The first-order valence-electron chi connectivity index (χ1n) is 9.14. The SMILES string of the molecule is Cc1cc(-n2c(C)nc3ccccc3c2=O)ccc1NS(=O)(=O)c1cccc(Cl)c1. The monoisotopic (exact) mass is 439 g/mol. The van der Waals surface area contributed by atoms with Gasteiger partial charge in [0.05, 0.1) is 27.2 Å². The van der Waals surface area contributed by atoms with Crippen LogP contribution in [0.5, 0.6) is 0 Å². The molecule has 4 aromatic rings. The fourth-order valence-electron chi connectivity index (χ4n) is 3.29. The molecular weight excluding hydrogens is 422 g/mol. The zero-order valence-electron chi connectivity index (χ0n) is 16.3. The predicted molar refractivity (Wildman–Crippen MR) is 119 cm³/mol. The molecule has 0 radical (unpaired) electrons. The number of benzene rings is 3. The van der Waals surface area contributed by atoms with E-state index in [2.05, 4.69) is 9.71 Å². The number of nitrogens with one attached hydrogen (secondary N) is 1. The second kappa shape index (κ2) is 7.59. The molecule has 0 saturated heterocycles. The molecule has 0 fully saturated rings. The van der Waals surface area contributed by atoms with Crippen molar-refractivity contribution >= 4 is 38.2 Å². The summed E-state index contributed by atoms with van der Waals surface area (Å²) in [5.41, 5.74) is 2.15. The first kappa shape index (κ1) is 20.1. The highest BCUT2D eigenvalue weighted by Gasteiger charge is 2.17. The molecule has 0 aliphatic carbocycles. The van der Waals surface area contributed by atoms with Gasteiger partial charge in [0, 0.05) is 5.02 Å². The third kappa shape index (κ3) is 3.69. The smallest absolute Gasteiger partial charge is 0.265 e. The number of rotatable bonds is 4. The van der Waals surface area contributed by atoms with Crippen LogP contribution >= 0.6 is 11.6 Å². The summed E-state index contributed by atoms with van der Waals surface area (Å²) in [5, 5.41) is 0.857. The van der Waals surface area contributed by atoms with Gasteiger partial charge < -0.3 is 0 Å². The highest BCUT2D eigenvalue weighted by molar-refractivity contribution is 7.92. The van der Waals surface area contributed by atoms with E-state index in [9.17, 15) is 13.2 Å². The third-order valence-corrected chi connectivity index (χ3v) is 6.36. The van der Waals surface area contributed by atoms with E-state index in [1.54, 1.807) is 62.4 Å². The van der Waals surface area contributed by atoms with Gasteiger partial charge in [-0.25, -0.2) is 13.4 Å². The first-order chi connectivity index (χ1) is 14.3. The minimum atomic E-state index is -3.80. The minimum Gasteiger partial charge on any atom is -0.279 e. The van der Waals surface area contributed by atoms with E-state index in [0.29, 0.717) is 38.7 Å². The van der Waals surface area contributed by atoms with Crippen LogP contribution in [0.3, 0.4) is 0 Å². The zero-order chi connectivity index (χ0) is 21.5. The van der Waals surface area contributed by atoms with E-state index in [1.165, 1.54) is 16.7 Å². The highest BCUT2D eigenvalue weighted by Crippen LogP contribution is 2.24. The Morgan fingerprint density at radius 2 is 1.73 bits per heavy atom. The number of anilines is 1. The molecule has 0 spiro atoms. The summed E-state index contributed by atoms with van der Waals surface area (Å²) >= 11 is 5.91. The standard InChI is InChI=1S/C22H18ClN3O3S/c1-14-12-17(26-15(2)24-21-9-4-3-8-19(21)22(26)27)10-11-20(14)25-30(28,29)18-7-5-6-16(23)13-18/h3-13,25H,1-2H3. The van der Waals surface area contributed by atoms with Crippen molar-refractivity contribution in [2.24, 2.45) is 0 Å². The van der Waals surface area contributed by atoms with Gasteiger partial charge in [-0.05, 0) is 67.9 Å². The van der Waals surface area contributed by atoms with Crippen molar-refractivity contribution < 1.29 is 8.42 Å². The largest absolute Gasteiger partial charge is 0.279 e. The summed E-state index contributed by atoms with van der Waals surface area (Å²) in [7, 11) is -3.80. The van der Waals surface area contributed by atoms with Crippen molar-refractivity contribution in [3.05, 3.63) is 93.5 Å². The zero-order valence-corrected chi connectivity index (χ0v) is 17.8. The van der Waals surface area contributed by atoms with Crippen LogP contribution < -0.4 is 10.3 Å². The Bertz CT molecular complexity index is 1450. The van der Waals surface area contributed by atoms with E-state index >= 15 is 0 Å². The van der Waals surface area contributed by atoms with Gasteiger partial charge in [0.15, 0.2) is 0 Å². The predicted octanol–water partition coefficient (Wildman–Crippen LogP) is 4.46. The van der Waals surface area contributed by atoms with E-state index in [1.807, 2.05) is 6.07 Å². The van der Waals surface area contributed by atoms with Crippen molar-refractivity contribution in [2.75, 3.05) is 4.72 Å². The van der Waals surface area contributed by atoms with Crippen LogP contribution in [0.1, 0.15) is 11.4 Å². The summed E-state index contributed by atoms with van der Waals surface area (Å²) in [5.74, 6) is 0.547. The van der Waals surface area contributed by atoms with E-state index in [0.717, 1.165) is 0 Å². The quantitative estimate of drug-likeness (QED) is 0.509. The Hall–Kier alpha value is -3.16.